The Morgan fingerprint density at radius 2 is 1.88 bits per heavy atom. The summed E-state index contributed by atoms with van der Waals surface area (Å²) >= 11 is 0. The van der Waals surface area contributed by atoms with E-state index in [0.717, 1.165) is 35.4 Å². The first-order chi connectivity index (χ1) is 12.8. The number of nitrogens with one attached hydrogen (secondary N) is 1. The van der Waals surface area contributed by atoms with E-state index in [9.17, 15) is 4.79 Å². The number of pyridine rings is 2. The molecule has 1 saturated heterocycles. The summed E-state index contributed by atoms with van der Waals surface area (Å²) in [6, 6.07) is 15.5. The van der Waals surface area contributed by atoms with Crippen LogP contribution in [0.3, 0.4) is 0 Å². The monoisotopic (exact) mass is 346 g/mol. The maximum absolute atomic E-state index is 12.4. The van der Waals surface area contributed by atoms with Crippen LogP contribution in [-0.2, 0) is 6.54 Å². The zero-order valence-corrected chi connectivity index (χ0v) is 14.7. The van der Waals surface area contributed by atoms with E-state index >= 15 is 0 Å². The van der Waals surface area contributed by atoms with E-state index in [2.05, 4.69) is 26.3 Å². The van der Waals surface area contributed by atoms with Crippen molar-refractivity contribution in [1.29, 1.82) is 0 Å². The number of benzene rings is 1. The molecular formula is C21H22N4O. The molecule has 1 aromatic carbocycles. The van der Waals surface area contributed by atoms with Crippen LogP contribution in [0.4, 0.5) is 5.82 Å². The third-order valence-corrected chi connectivity index (χ3v) is 4.77. The fourth-order valence-electron chi connectivity index (χ4n) is 3.33. The number of para-hydroxylation sites is 1. The summed E-state index contributed by atoms with van der Waals surface area (Å²) in [6.07, 6.45) is 5.55. The largest absolute Gasteiger partial charge is 0.357 e. The fraction of sp³-hybridized carbons (Fsp3) is 0.286. The second-order valence-corrected chi connectivity index (χ2v) is 6.64. The molecule has 4 rings (SSSR count). The second kappa shape index (κ2) is 7.52. The van der Waals surface area contributed by atoms with Crippen molar-refractivity contribution in [3.05, 3.63) is 66.0 Å². The zero-order valence-electron chi connectivity index (χ0n) is 14.7. The molecule has 0 aliphatic carbocycles. The fourth-order valence-corrected chi connectivity index (χ4v) is 3.33. The molecular weight excluding hydrogens is 324 g/mol. The van der Waals surface area contributed by atoms with Gasteiger partial charge in [0.25, 0.3) is 5.91 Å². The first kappa shape index (κ1) is 16.5. The average Bonchev–Trinajstić information content (AvgIpc) is 2.72. The van der Waals surface area contributed by atoms with E-state index in [1.165, 1.54) is 19.3 Å². The van der Waals surface area contributed by atoms with E-state index in [1.807, 2.05) is 42.6 Å². The Kier molecular flexibility index (Phi) is 4.78. The number of amides is 1. The Labute approximate surface area is 153 Å². The number of rotatable bonds is 4. The lowest BCUT2D eigenvalue weighted by Gasteiger charge is -2.27. The quantitative estimate of drug-likeness (QED) is 0.785. The molecule has 1 aliphatic heterocycles. The Balaban J connectivity index is 1.43. The molecule has 26 heavy (non-hydrogen) atoms. The van der Waals surface area contributed by atoms with Gasteiger partial charge in [0.2, 0.25) is 0 Å². The number of carbonyl (C=O) groups is 1. The van der Waals surface area contributed by atoms with Gasteiger partial charge >= 0.3 is 0 Å². The maximum Gasteiger partial charge on any atom is 0.270 e. The van der Waals surface area contributed by atoms with Crippen molar-refractivity contribution >= 4 is 22.6 Å². The number of carbonyl (C=O) groups excluding carboxylic acids is 1. The number of aromatic nitrogens is 2. The summed E-state index contributed by atoms with van der Waals surface area (Å²) in [6.45, 7) is 2.59. The highest BCUT2D eigenvalue weighted by Crippen LogP contribution is 2.18. The van der Waals surface area contributed by atoms with Crippen LogP contribution in [0.5, 0.6) is 0 Å². The van der Waals surface area contributed by atoms with Crippen LogP contribution in [0.1, 0.15) is 35.3 Å². The van der Waals surface area contributed by atoms with Crippen molar-refractivity contribution in [2.45, 2.75) is 25.8 Å². The number of anilines is 1. The normalized spacial score (nSPS) is 14.4. The molecule has 0 saturated carbocycles. The molecule has 2 aromatic heterocycles. The van der Waals surface area contributed by atoms with Crippen molar-refractivity contribution in [3.63, 3.8) is 0 Å². The first-order valence-corrected chi connectivity index (χ1v) is 9.13. The van der Waals surface area contributed by atoms with Gasteiger partial charge in [-0.05, 0) is 49.1 Å². The van der Waals surface area contributed by atoms with E-state index in [0.29, 0.717) is 12.2 Å². The van der Waals surface area contributed by atoms with Crippen LogP contribution in [0, 0.1) is 0 Å². The summed E-state index contributed by atoms with van der Waals surface area (Å²) in [4.78, 5) is 23.7. The van der Waals surface area contributed by atoms with Crippen molar-refractivity contribution in [3.8, 4) is 0 Å². The number of nitrogens with zero attached hydrogens (tertiary/aromatic N) is 3. The molecule has 0 spiro atoms. The minimum absolute atomic E-state index is 0.160. The summed E-state index contributed by atoms with van der Waals surface area (Å²) in [7, 11) is 0. The van der Waals surface area contributed by atoms with Gasteiger partial charge in [0, 0.05) is 31.2 Å². The van der Waals surface area contributed by atoms with Gasteiger partial charge in [-0.25, -0.2) is 9.97 Å². The molecule has 3 aromatic rings. The Hall–Kier alpha value is -2.95. The first-order valence-electron chi connectivity index (χ1n) is 9.13. The van der Waals surface area contributed by atoms with Crippen LogP contribution in [0.25, 0.3) is 10.9 Å². The standard InChI is InChI=1S/C21H22N4O/c26-21(19-9-8-17-6-2-3-7-18(17)24-19)23-15-16-10-11-22-20(14-16)25-12-4-1-5-13-25/h2-3,6-11,14H,1,4-5,12-13,15H2,(H,23,26). The van der Waals surface area contributed by atoms with Gasteiger partial charge in [0.1, 0.15) is 11.5 Å². The number of fused-ring (bicyclic) bond motifs is 1. The molecule has 0 bridgehead atoms. The third-order valence-electron chi connectivity index (χ3n) is 4.77. The molecule has 0 atom stereocenters. The lowest BCUT2D eigenvalue weighted by Crippen LogP contribution is -2.30. The zero-order chi connectivity index (χ0) is 17.8. The molecule has 3 heterocycles. The topological polar surface area (TPSA) is 58.1 Å². The number of hydrogen-bond donors (Lipinski definition) is 1. The van der Waals surface area contributed by atoms with Crippen LogP contribution >= 0.6 is 0 Å². The highest BCUT2D eigenvalue weighted by atomic mass is 16.1. The number of hydrogen-bond acceptors (Lipinski definition) is 4. The van der Waals surface area contributed by atoms with Crippen molar-refractivity contribution in [2.24, 2.45) is 0 Å². The Bertz CT molecular complexity index is 919. The lowest BCUT2D eigenvalue weighted by molar-refractivity contribution is 0.0946. The minimum atomic E-state index is -0.160. The summed E-state index contributed by atoms with van der Waals surface area (Å²) in [5, 5.41) is 3.99. The molecule has 0 radical (unpaired) electrons. The molecule has 0 unspecified atom stereocenters. The van der Waals surface area contributed by atoms with Gasteiger partial charge in [-0.15, -0.1) is 0 Å². The van der Waals surface area contributed by atoms with E-state index in [4.69, 9.17) is 0 Å². The van der Waals surface area contributed by atoms with E-state index in [-0.39, 0.29) is 5.91 Å². The minimum Gasteiger partial charge on any atom is -0.357 e. The molecule has 1 fully saturated rings. The highest BCUT2D eigenvalue weighted by Gasteiger charge is 2.13. The van der Waals surface area contributed by atoms with Crippen LogP contribution < -0.4 is 10.2 Å². The van der Waals surface area contributed by atoms with Crippen molar-refractivity contribution in [1.82, 2.24) is 15.3 Å². The smallest absolute Gasteiger partial charge is 0.270 e. The van der Waals surface area contributed by atoms with E-state index in [1.54, 1.807) is 6.07 Å². The molecule has 1 N–H and O–H groups in total. The van der Waals surface area contributed by atoms with Crippen LogP contribution in [-0.4, -0.2) is 29.0 Å². The predicted octanol–water partition coefficient (Wildman–Crippen LogP) is 3.55. The molecule has 132 valence electrons. The van der Waals surface area contributed by atoms with Gasteiger partial charge in [-0.3, -0.25) is 4.79 Å². The molecule has 5 heteroatoms. The summed E-state index contributed by atoms with van der Waals surface area (Å²) < 4.78 is 0. The Morgan fingerprint density at radius 1 is 1.04 bits per heavy atom. The molecule has 1 aliphatic rings. The van der Waals surface area contributed by atoms with Crippen LogP contribution in [0.2, 0.25) is 0 Å². The number of piperidine rings is 1. The highest BCUT2D eigenvalue weighted by molar-refractivity contribution is 5.94. The molecule has 5 nitrogen and oxygen atoms in total. The van der Waals surface area contributed by atoms with Gasteiger partial charge in [-0.1, -0.05) is 24.3 Å². The van der Waals surface area contributed by atoms with Crippen molar-refractivity contribution < 1.29 is 4.79 Å². The van der Waals surface area contributed by atoms with Gasteiger partial charge < -0.3 is 10.2 Å². The lowest BCUT2D eigenvalue weighted by atomic mass is 10.1. The second-order valence-electron chi connectivity index (χ2n) is 6.64. The van der Waals surface area contributed by atoms with Gasteiger partial charge in [0.15, 0.2) is 0 Å². The molecule has 1 amide bonds. The maximum atomic E-state index is 12.4. The summed E-state index contributed by atoms with van der Waals surface area (Å²) in [5.41, 5.74) is 2.32. The van der Waals surface area contributed by atoms with Crippen LogP contribution in [0.15, 0.2) is 54.7 Å². The average molecular weight is 346 g/mol. The van der Waals surface area contributed by atoms with Gasteiger partial charge in [0.05, 0.1) is 5.52 Å². The third kappa shape index (κ3) is 3.67. The predicted molar refractivity (Wildman–Crippen MR) is 103 cm³/mol. The van der Waals surface area contributed by atoms with E-state index < -0.39 is 0 Å². The SMILES string of the molecule is O=C(NCc1ccnc(N2CCCCC2)c1)c1ccc2ccccc2n1. The summed E-state index contributed by atoms with van der Waals surface area (Å²) in [5.74, 6) is 0.840. The van der Waals surface area contributed by atoms with Gasteiger partial charge in [-0.2, -0.15) is 0 Å². The van der Waals surface area contributed by atoms with Crippen molar-refractivity contribution in [2.75, 3.05) is 18.0 Å². The Morgan fingerprint density at radius 3 is 2.77 bits per heavy atom.